The average molecular weight is 274 g/mol. The quantitative estimate of drug-likeness (QED) is 0.803. The van der Waals surface area contributed by atoms with Crippen molar-refractivity contribution in [3.05, 3.63) is 59.2 Å². The molecule has 0 amide bonds. The molecule has 4 heteroatoms. The summed E-state index contributed by atoms with van der Waals surface area (Å²) in [7, 11) is 0. The highest BCUT2D eigenvalue weighted by molar-refractivity contribution is 7.81. The van der Waals surface area contributed by atoms with Crippen molar-refractivity contribution in [3.63, 3.8) is 0 Å². The maximum Gasteiger partial charge on any atom is 0.0596 e. The van der Waals surface area contributed by atoms with Gasteiger partial charge in [0.05, 0.1) is 22.6 Å². The van der Waals surface area contributed by atoms with E-state index < -0.39 is 11.3 Å². The van der Waals surface area contributed by atoms with Crippen molar-refractivity contribution in [3.8, 4) is 0 Å². The van der Waals surface area contributed by atoms with Crippen molar-refractivity contribution in [1.82, 2.24) is 0 Å². The van der Waals surface area contributed by atoms with Crippen LogP contribution in [0, 0.1) is 20.8 Å². The van der Waals surface area contributed by atoms with Crippen LogP contribution < -0.4 is 4.31 Å². The molecule has 1 unspecified atom stereocenters. The van der Waals surface area contributed by atoms with Gasteiger partial charge in [-0.25, -0.2) is 0 Å². The Morgan fingerprint density at radius 2 is 1.53 bits per heavy atom. The van der Waals surface area contributed by atoms with E-state index in [4.69, 9.17) is 0 Å². The summed E-state index contributed by atoms with van der Waals surface area (Å²) < 4.78 is 24.6. The van der Waals surface area contributed by atoms with Crippen molar-refractivity contribution in [1.29, 1.82) is 0 Å². The van der Waals surface area contributed by atoms with Gasteiger partial charge in [-0.05, 0) is 44.0 Å². The molecule has 1 atom stereocenters. The van der Waals surface area contributed by atoms with Gasteiger partial charge in [-0.3, -0.25) is 8.51 Å². The molecule has 0 aliphatic carbocycles. The monoisotopic (exact) mass is 274 g/mol. The molecule has 0 bridgehead atoms. The molecular weight excluding hydrogens is 258 g/mol. The summed E-state index contributed by atoms with van der Waals surface area (Å²) >= 11 is -2.35. The Hall–Kier alpha value is -1.65. The lowest BCUT2D eigenvalue weighted by Gasteiger charge is -2.29. The first-order valence-corrected chi connectivity index (χ1v) is 7.06. The van der Waals surface area contributed by atoms with Crippen LogP contribution in [0.1, 0.15) is 16.7 Å². The van der Waals surface area contributed by atoms with Gasteiger partial charge in [-0.2, -0.15) is 0 Å². The molecule has 2 rings (SSSR count). The number of hydrogen-bond donors (Lipinski definition) is 0. The lowest BCUT2D eigenvalue weighted by Crippen LogP contribution is -2.21. The largest absolute Gasteiger partial charge is 0.755 e. The van der Waals surface area contributed by atoms with Crippen molar-refractivity contribution >= 4 is 22.6 Å². The third kappa shape index (κ3) is 2.85. The van der Waals surface area contributed by atoms with Crippen molar-refractivity contribution < 1.29 is 8.76 Å². The second-order valence-electron chi connectivity index (χ2n) is 4.59. The molecule has 0 spiro atoms. The highest BCUT2D eigenvalue weighted by Gasteiger charge is 2.15. The van der Waals surface area contributed by atoms with Gasteiger partial charge >= 0.3 is 0 Å². The number of benzene rings is 2. The minimum Gasteiger partial charge on any atom is -0.755 e. The molecule has 2 aromatic rings. The first-order chi connectivity index (χ1) is 9.00. The van der Waals surface area contributed by atoms with Gasteiger partial charge in [0.1, 0.15) is 0 Å². The van der Waals surface area contributed by atoms with E-state index >= 15 is 0 Å². The molecule has 0 radical (unpaired) electrons. The second kappa shape index (κ2) is 5.55. The number of hydrogen-bond acceptors (Lipinski definition) is 2. The Morgan fingerprint density at radius 3 is 2.00 bits per heavy atom. The van der Waals surface area contributed by atoms with Crippen molar-refractivity contribution in [2.45, 2.75) is 20.8 Å². The minimum absolute atomic E-state index is 0.644. The molecule has 0 N–H and O–H groups in total. The molecule has 3 nitrogen and oxygen atoms in total. The highest BCUT2D eigenvalue weighted by atomic mass is 32.2. The summed E-state index contributed by atoms with van der Waals surface area (Å²) in [5.41, 5.74) is 4.40. The Labute approximate surface area is 116 Å². The lowest BCUT2D eigenvalue weighted by atomic mass is 10.0. The molecule has 100 valence electrons. The van der Waals surface area contributed by atoms with Gasteiger partial charge in [0.25, 0.3) is 0 Å². The number of para-hydroxylation sites is 1. The zero-order valence-electron chi connectivity index (χ0n) is 11.2. The number of rotatable bonds is 3. The average Bonchev–Trinajstić information content (AvgIpc) is 2.34. The van der Waals surface area contributed by atoms with Gasteiger partial charge in [0.2, 0.25) is 0 Å². The van der Waals surface area contributed by atoms with Crippen molar-refractivity contribution in [2.75, 3.05) is 4.31 Å². The van der Waals surface area contributed by atoms with Crippen molar-refractivity contribution in [2.24, 2.45) is 0 Å². The Morgan fingerprint density at radius 1 is 1.00 bits per heavy atom. The van der Waals surface area contributed by atoms with Crippen LogP contribution in [0.3, 0.4) is 0 Å². The smallest absolute Gasteiger partial charge is 0.0596 e. The van der Waals surface area contributed by atoms with E-state index in [9.17, 15) is 8.76 Å². The molecule has 0 aliphatic heterocycles. The Bertz CT molecular complexity index is 588. The van der Waals surface area contributed by atoms with Crippen LogP contribution in [0.25, 0.3) is 0 Å². The maximum absolute atomic E-state index is 11.6. The maximum atomic E-state index is 11.6. The fourth-order valence-electron chi connectivity index (χ4n) is 2.35. The fraction of sp³-hybridized carbons (Fsp3) is 0.200. The van der Waals surface area contributed by atoms with Crippen LogP contribution in [0.2, 0.25) is 0 Å². The van der Waals surface area contributed by atoms with E-state index in [1.807, 2.05) is 51.1 Å². The predicted molar refractivity (Wildman–Crippen MR) is 78.2 cm³/mol. The van der Waals surface area contributed by atoms with Crippen LogP contribution in [0.15, 0.2) is 42.5 Å². The summed E-state index contributed by atoms with van der Waals surface area (Å²) in [5.74, 6) is 0. The summed E-state index contributed by atoms with van der Waals surface area (Å²) in [6.07, 6.45) is 0. The van der Waals surface area contributed by atoms with E-state index in [0.29, 0.717) is 5.69 Å². The van der Waals surface area contributed by atoms with E-state index in [-0.39, 0.29) is 0 Å². The third-order valence-electron chi connectivity index (χ3n) is 2.98. The number of aryl methyl sites for hydroxylation is 3. The molecule has 2 aromatic carbocycles. The molecule has 0 aromatic heterocycles. The van der Waals surface area contributed by atoms with Gasteiger partial charge in [-0.15, -0.1) is 0 Å². The second-order valence-corrected chi connectivity index (χ2v) is 5.39. The predicted octanol–water partition coefficient (Wildman–Crippen LogP) is 3.54. The molecule has 0 fully saturated rings. The normalized spacial score (nSPS) is 12.2. The number of nitrogens with zero attached hydrogens (tertiary/aromatic N) is 1. The standard InChI is InChI=1S/C15H17NO2S/c1-11-9-12(2)15(13(3)10-11)16(19(17)18)14-7-5-4-6-8-14/h4-10H,1-3H3,(H,17,18)/p-1. The summed E-state index contributed by atoms with van der Waals surface area (Å²) in [6.45, 7) is 5.86. The number of anilines is 2. The zero-order valence-corrected chi connectivity index (χ0v) is 12.0. The van der Waals surface area contributed by atoms with E-state index in [1.54, 1.807) is 12.1 Å². The lowest BCUT2D eigenvalue weighted by molar-refractivity contribution is 0.537. The van der Waals surface area contributed by atoms with Crippen LogP contribution in [-0.2, 0) is 11.3 Å². The Balaban J connectivity index is 2.62. The van der Waals surface area contributed by atoms with Gasteiger partial charge < -0.3 is 4.55 Å². The molecule has 0 saturated carbocycles. The zero-order chi connectivity index (χ0) is 14.0. The molecule has 0 saturated heterocycles. The first kappa shape index (κ1) is 13.8. The molecular formula is C15H16NO2S-. The minimum atomic E-state index is -2.35. The summed E-state index contributed by atoms with van der Waals surface area (Å²) in [4.78, 5) is 0. The van der Waals surface area contributed by atoms with E-state index in [1.165, 1.54) is 4.31 Å². The molecule has 19 heavy (non-hydrogen) atoms. The van der Waals surface area contributed by atoms with Crippen LogP contribution in [0.4, 0.5) is 11.4 Å². The van der Waals surface area contributed by atoms with E-state index in [0.717, 1.165) is 22.4 Å². The van der Waals surface area contributed by atoms with Crippen LogP contribution in [-0.4, -0.2) is 8.76 Å². The topological polar surface area (TPSA) is 43.4 Å². The summed E-state index contributed by atoms with van der Waals surface area (Å²) in [5, 5.41) is 0. The van der Waals surface area contributed by atoms with Crippen LogP contribution >= 0.6 is 0 Å². The molecule has 0 heterocycles. The SMILES string of the molecule is Cc1cc(C)c(N(c2ccccc2)S(=O)[O-])c(C)c1. The van der Waals surface area contributed by atoms with Crippen LogP contribution in [0.5, 0.6) is 0 Å². The van der Waals surface area contributed by atoms with Gasteiger partial charge in [-0.1, -0.05) is 35.9 Å². The highest BCUT2D eigenvalue weighted by Crippen LogP contribution is 2.33. The van der Waals surface area contributed by atoms with Gasteiger partial charge in [0.15, 0.2) is 0 Å². The molecule has 0 aliphatic rings. The fourth-order valence-corrected chi connectivity index (χ4v) is 3.08. The Kier molecular flexibility index (Phi) is 4.02. The first-order valence-electron chi connectivity index (χ1n) is 6.03. The van der Waals surface area contributed by atoms with Gasteiger partial charge in [0, 0.05) is 0 Å². The third-order valence-corrected chi connectivity index (χ3v) is 3.67. The summed E-state index contributed by atoms with van der Waals surface area (Å²) in [6, 6.07) is 13.1. The van der Waals surface area contributed by atoms with E-state index in [2.05, 4.69) is 0 Å².